The number of nitrogens with zero attached hydrogens (tertiary/aromatic N) is 3. The van der Waals surface area contributed by atoms with Crippen LogP contribution in [0.3, 0.4) is 0 Å². The van der Waals surface area contributed by atoms with Crippen LogP contribution in [0.25, 0.3) is 0 Å². The number of nitrogen functional groups attached to an aromatic ring is 1. The third-order valence-corrected chi connectivity index (χ3v) is 2.98. The summed E-state index contributed by atoms with van der Waals surface area (Å²) in [5.74, 6) is 6.12. The Morgan fingerprint density at radius 1 is 1.41 bits per heavy atom. The van der Waals surface area contributed by atoms with Gasteiger partial charge in [0.15, 0.2) is 0 Å². The Bertz CT molecular complexity index is 401. The largest absolute Gasteiger partial charge is 0.368 e. The van der Waals surface area contributed by atoms with E-state index in [-0.39, 0.29) is 5.91 Å². The van der Waals surface area contributed by atoms with Gasteiger partial charge in [0.25, 0.3) is 0 Å². The molecule has 1 amide bonds. The summed E-state index contributed by atoms with van der Waals surface area (Å²) in [6, 6.07) is 3.85. The fraction of sp³-hybridized carbons (Fsp3) is 0.455. The van der Waals surface area contributed by atoms with Gasteiger partial charge in [-0.25, -0.2) is 10.8 Å². The zero-order chi connectivity index (χ0) is 12.3. The molecule has 17 heavy (non-hydrogen) atoms. The molecular formula is C11H17N5O. The molecule has 0 bridgehead atoms. The van der Waals surface area contributed by atoms with Gasteiger partial charge in [0, 0.05) is 51.1 Å². The minimum atomic E-state index is 0.142. The molecule has 0 atom stereocenters. The molecule has 2 heterocycles. The quantitative estimate of drug-likeness (QED) is 0.559. The molecule has 1 saturated heterocycles. The number of carbonyl (C=O) groups is 1. The summed E-state index contributed by atoms with van der Waals surface area (Å²) in [4.78, 5) is 19.4. The van der Waals surface area contributed by atoms with Gasteiger partial charge < -0.3 is 15.2 Å². The summed E-state index contributed by atoms with van der Waals surface area (Å²) in [6.45, 7) is 4.83. The summed E-state index contributed by atoms with van der Waals surface area (Å²) < 4.78 is 0. The van der Waals surface area contributed by atoms with Crippen LogP contribution < -0.4 is 16.2 Å². The summed E-state index contributed by atoms with van der Waals surface area (Å²) in [7, 11) is 0. The minimum Gasteiger partial charge on any atom is -0.368 e. The number of amides is 1. The van der Waals surface area contributed by atoms with Crippen LogP contribution in [0.5, 0.6) is 0 Å². The minimum absolute atomic E-state index is 0.142. The van der Waals surface area contributed by atoms with Gasteiger partial charge in [-0.2, -0.15) is 0 Å². The van der Waals surface area contributed by atoms with Crippen LogP contribution in [0.2, 0.25) is 0 Å². The monoisotopic (exact) mass is 235 g/mol. The maximum Gasteiger partial charge on any atom is 0.219 e. The molecule has 0 aliphatic carbocycles. The Morgan fingerprint density at radius 3 is 2.71 bits per heavy atom. The Morgan fingerprint density at radius 2 is 2.12 bits per heavy atom. The summed E-state index contributed by atoms with van der Waals surface area (Å²) in [5, 5.41) is 0. The van der Waals surface area contributed by atoms with E-state index in [1.807, 2.05) is 17.0 Å². The molecule has 2 rings (SSSR count). The van der Waals surface area contributed by atoms with Gasteiger partial charge in [0.2, 0.25) is 5.91 Å². The van der Waals surface area contributed by atoms with Crippen LogP contribution >= 0.6 is 0 Å². The third-order valence-electron chi connectivity index (χ3n) is 2.98. The Kier molecular flexibility index (Phi) is 3.43. The molecule has 0 saturated carbocycles. The highest BCUT2D eigenvalue weighted by Gasteiger charge is 2.18. The molecule has 1 aromatic heterocycles. The Labute approximate surface area is 100 Å². The maximum absolute atomic E-state index is 11.2. The molecular weight excluding hydrogens is 218 g/mol. The van der Waals surface area contributed by atoms with E-state index >= 15 is 0 Å². The van der Waals surface area contributed by atoms with Gasteiger partial charge in [-0.15, -0.1) is 0 Å². The van der Waals surface area contributed by atoms with Crippen LogP contribution in [-0.2, 0) is 4.79 Å². The number of nitrogens with two attached hydrogens (primary N) is 1. The molecule has 1 fully saturated rings. The van der Waals surface area contributed by atoms with Crippen molar-refractivity contribution in [1.82, 2.24) is 9.88 Å². The van der Waals surface area contributed by atoms with Crippen LogP contribution in [0, 0.1) is 0 Å². The second kappa shape index (κ2) is 5.01. The van der Waals surface area contributed by atoms with Gasteiger partial charge >= 0.3 is 0 Å². The Hall–Kier alpha value is -1.82. The van der Waals surface area contributed by atoms with E-state index in [2.05, 4.69) is 15.3 Å². The van der Waals surface area contributed by atoms with Gasteiger partial charge in [-0.1, -0.05) is 0 Å². The topological polar surface area (TPSA) is 74.5 Å². The van der Waals surface area contributed by atoms with E-state index in [1.54, 1.807) is 13.1 Å². The molecule has 3 N–H and O–H groups in total. The summed E-state index contributed by atoms with van der Waals surface area (Å²) >= 11 is 0. The molecule has 1 aliphatic heterocycles. The second-order valence-electron chi connectivity index (χ2n) is 4.04. The molecule has 1 aromatic rings. The van der Waals surface area contributed by atoms with Gasteiger partial charge in [0.1, 0.15) is 5.82 Å². The van der Waals surface area contributed by atoms with Crippen LogP contribution in [0.4, 0.5) is 11.5 Å². The number of pyridine rings is 1. The number of anilines is 2. The summed E-state index contributed by atoms with van der Waals surface area (Å²) in [6.07, 6.45) is 1.72. The van der Waals surface area contributed by atoms with Crippen molar-refractivity contribution >= 4 is 17.4 Å². The zero-order valence-electron chi connectivity index (χ0n) is 9.89. The number of rotatable bonds is 2. The predicted molar refractivity (Wildman–Crippen MR) is 66.5 cm³/mol. The van der Waals surface area contributed by atoms with E-state index in [0.29, 0.717) is 5.82 Å². The number of carbonyl (C=O) groups excluding carboxylic acids is 1. The predicted octanol–water partition coefficient (Wildman–Crippen LogP) is 0.0357. The first kappa shape index (κ1) is 11.7. The van der Waals surface area contributed by atoms with E-state index < -0.39 is 0 Å². The lowest BCUT2D eigenvalue weighted by Gasteiger charge is -2.35. The van der Waals surface area contributed by atoms with Crippen LogP contribution in [0.15, 0.2) is 18.3 Å². The van der Waals surface area contributed by atoms with Gasteiger partial charge in [0.05, 0.1) is 0 Å². The normalized spacial score (nSPS) is 15.9. The van der Waals surface area contributed by atoms with Crippen LogP contribution in [0.1, 0.15) is 6.92 Å². The lowest BCUT2D eigenvalue weighted by Crippen LogP contribution is -2.48. The summed E-state index contributed by atoms with van der Waals surface area (Å²) in [5.41, 5.74) is 3.61. The van der Waals surface area contributed by atoms with Crippen molar-refractivity contribution in [2.45, 2.75) is 6.92 Å². The zero-order valence-corrected chi connectivity index (χ0v) is 9.89. The molecule has 6 heteroatoms. The van der Waals surface area contributed by atoms with Crippen molar-refractivity contribution in [3.8, 4) is 0 Å². The van der Waals surface area contributed by atoms with E-state index in [4.69, 9.17) is 5.84 Å². The van der Waals surface area contributed by atoms with Crippen molar-refractivity contribution in [2.24, 2.45) is 5.84 Å². The lowest BCUT2D eigenvalue weighted by molar-refractivity contribution is -0.129. The van der Waals surface area contributed by atoms with E-state index in [0.717, 1.165) is 31.9 Å². The highest BCUT2D eigenvalue weighted by atomic mass is 16.2. The number of piperazine rings is 1. The smallest absolute Gasteiger partial charge is 0.219 e. The molecule has 6 nitrogen and oxygen atoms in total. The van der Waals surface area contributed by atoms with Crippen molar-refractivity contribution < 1.29 is 4.79 Å². The molecule has 0 unspecified atom stereocenters. The van der Waals surface area contributed by atoms with Crippen molar-refractivity contribution in [3.63, 3.8) is 0 Å². The number of hydrogen-bond donors (Lipinski definition) is 2. The first-order valence-corrected chi connectivity index (χ1v) is 5.64. The first-order valence-electron chi connectivity index (χ1n) is 5.64. The van der Waals surface area contributed by atoms with Crippen molar-refractivity contribution in [1.29, 1.82) is 0 Å². The fourth-order valence-electron chi connectivity index (χ4n) is 1.97. The van der Waals surface area contributed by atoms with Gasteiger partial charge in [-0.3, -0.25) is 4.79 Å². The van der Waals surface area contributed by atoms with Crippen molar-refractivity contribution in [2.75, 3.05) is 36.5 Å². The average molecular weight is 235 g/mol. The fourth-order valence-corrected chi connectivity index (χ4v) is 1.97. The number of hydrogen-bond acceptors (Lipinski definition) is 5. The molecule has 92 valence electrons. The Balaban J connectivity index is 2.02. The number of aromatic nitrogens is 1. The maximum atomic E-state index is 11.2. The average Bonchev–Trinajstić information content (AvgIpc) is 2.39. The lowest BCUT2D eigenvalue weighted by atomic mass is 10.2. The highest BCUT2D eigenvalue weighted by molar-refractivity contribution is 5.73. The van der Waals surface area contributed by atoms with Gasteiger partial charge in [-0.05, 0) is 6.07 Å². The molecule has 0 aromatic carbocycles. The second-order valence-corrected chi connectivity index (χ2v) is 4.04. The first-order chi connectivity index (χ1) is 8.20. The van der Waals surface area contributed by atoms with E-state index in [1.165, 1.54) is 0 Å². The molecule has 0 radical (unpaired) electrons. The third kappa shape index (κ3) is 2.65. The molecule has 0 spiro atoms. The van der Waals surface area contributed by atoms with Crippen molar-refractivity contribution in [3.05, 3.63) is 18.3 Å². The molecule has 1 aliphatic rings. The van der Waals surface area contributed by atoms with E-state index in [9.17, 15) is 4.79 Å². The number of hydrazine groups is 1. The van der Waals surface area contributed by atoms with Crippen LogP contribution in [-0.4, -0.2) is 42.0 Å². The number of nitrogens with one attached hydrogen (secondary N) is 1. The SMILES string of the molecule is CC(=O)N1CCN(c2ccnc(NN)c2)CC1. The standard InChI is InChI=1S/C11H17N5O/c1-9(17)15-4-6-16(7-5-15)10-2-3-13-11(8-10)14-12/h2-3,8H,4-7,12H2,1H3,(H,13,14). The highest BCUT2D eigenvalue weighted by Crippen LogP contribution is 2.18.